The van der Waals surface area contributed by atoms with Crippen LogP contribution in [0, 0.1) is 12.5 Å². The SMILES string of the molecule is [C-]#[N+]c1ccc2[nH]cc(C3CC3CNCCC)c2c1. The maximum Gasteiger partial charge on any atom is 0.187 e. The molecule has 0 radical (unpaired) electrons. The molecule has 1 aromatic heterocycles. The molecule has 1 aliphatic carbocycles. The fraction of sp³-hybridized carbons (Fsp3) is 0.438. The molecule has 1 heterocycles. The molecule has 2 unspecified atom stereocenters. The Kier molecular flexibility index (Phi) is 3.27. The molecule has 0 saturated heterocycles. The van der Waals surface area contributed by atoms with Crippen LogP contribution in [0.3, 0.4) is 0 Å². The second kappa shape index (κ2) is 5.07. The summed E-state index contributed by atoms with van der Waals surface area (Å²) in [4.78, 5) is 6.85. The fourth-order valence-corrected chi connectivity index (χ4v) is 2.82. The molecule has 0 bridgehead atoms. The molecular weight excluding hydrogens is 234 g/mol. The van der Waals surface area contributed by atoms with Gasteiger partial charge in [0.05, 0.1) is 6.57 Å². The first kappa shape index (κ1) is 12.3. The first-order chi connectivity index (χ1) is 9.33. The van der Waals surface area contributed by atoms with Gasteiger partial charge in [0, 0.05) is 11.7 Å². The number of hydrogen-bond acceptors (Lipinski definition) is 1. The fourth-order valence-electron chi connectivity index (χ4n) is 2.82. The Bertz CT molecular complexity index is 620. The third-order valence-electron chi connectivity index (χ3n) is 3.98. The lowest BCUT2D eigenvalue weighted by Gasteiger charge is -2.02. The van der Waals surface area contributed by atoms with Crippen LogP contribution >= 0.6 is 0 Å². The van der Waals surface area contributed by atoms with E-state index >= 15 is 0 Å². The van der Waals surface area contributed by atoms with E-state index in [0.717, 1.165) is 30.2 Å². The topological polar surface area (TPSA) is 32.2 Å². The van der Waals surface area contributed by atoms with Crippen LogP contribution < -0.4 is 5.32 Å². The summed E-state index contributed by atoms with van der Waals surface area (Å²) in [6.45, 7) is 11.5. The zero-order chi connectivity index (χ0) is 13.2. The van der Waals surface area contributed by atoms with Crippen molar-refractivity contribution < 1.29 is 0 Å². The monoisotopic (exact) mass is 253 g/mol. The van der Waals surface area contributed by atoms with E-state index in [0.29, 0.717) is 5.92 Å². The third kappa shape index (κ3) is 2.36. The average molecular weight is 253 g/mol. The summed E-state index contributed by atoms with van der Waals surface area (Å²) in [7, 11) is 0. The lowest BCUT2D eigenvalue weighted by Crippen LogP contribution is -2.17. The van der Waals surface area contributed by atoms with Gasteiger partial charge in [-0.25, -0.2) is 4.85 Å². The second-order valence-corrected chi connectivity index (χ2v) is 5.39. The van der Waals surface area contributed by atoms with Crippen molar-refractivity contribution in [1.82, 2.24) is 10.3 Å². The van der Waals surface area contributed by atoms with Gasteiger partial charge >= 0.3 is 0 Å². The highest BCUT2D eigenvalue weighted by atomic mass is 14.9. The van der Waals surface area contributed by atoms with E-state index in [1.54, 1.807) is 0 Å². The number of nitrogens with zero attached hydrogens (tertiary/aromatic N) is 1. The summed E-state index contributed by atoms with van der Waals surface area (Å²) in [6.07, 6.45) is 4.59. The molecular formula is C16H19N3. The van der Waals surface area contributed by atoms with E-state index in [2.05, 4.69) is 28.3 Å². The lowest BCUT2D eigenvalue weighted by atomic mass is 10.1. The molecule has 2 N–H and O–H groups in total. The smallest absolute Gasteiger partial charge is 0.187 e. The van der Waals surface area contributed by atoms with Crippen LogP contribution in [0.5, 0.6) is 0 Å². The zero-order valence-corrected chi connectivity index (χ0v) is 11.2. The number of nitrogens with one attached hydrogen (secondary N) is 2. The Morgan fingerprint density at radius 1 is 1.47 bits per heavy atom. The van der Waals surface area contributed by atoms with E-state index in [-0.39, 0.29) is 0 Å². The quantitative estimate of drug-likeness (QED) is 0.616. The molecule has 98 valence electrons. The van der Waals surface area contributed by atoms with Gasteiger partial charge in [-0.1, -0.05) is 13.0 Å². The normalized spacial score (nSPS) is 21.5. The number of hydrogen-bond donors (Lipinski definition) is 2. The van der Waals surface area contributed by atoms with Gasteiger partial charge in [0.1, 0.15) is 0 Å². The van der Waals surface area contributed by atoms with Gasteiger partial charge in [0.2, 0.25) is 0 Å². The Labute approximate surface area is 113 Å². The predicted molar refractivity (Wildman–Crippen MR) is 78.6 cm³/mol. The van der Waals surface area contributed by atoms with E-state index in [1.165, 1.54) is 23.8 Å². The molecule has 3 nitrogen and oxygen atoms in total. The van der Waals surface area contributed by atoms with Crippen molar-refractivity contribution in [2.45, 2.75) is 25.7 Å². The van der Waals surface area contributed by atoms with Crippen molar-refractivity contribution in [1.29, 1.82) is 0 Å². The first-order valence-electron chi connectivity index (χ1n) is 7.02. The van der Waals surface area contributed by atoms with Gasteiger partial charge in [0.25, 0.3) is 0 Å². The van der Waals surface area contributed by atoms with Crippen molar-refractivity contribution in [3.63, 3.8) is 0 Å². The van der Waals surface area contributed by atoms with E-state index in [1.807, 2.05) is 18.2 Å². The Balaban J connectivity index is 1.77. The zero-order valence-electron chi connectivity index (χ0n) is 11.2. The summed E-state index contributed by atoms with van der Waals surface area (Å²) >= 11 is 0. The highest BCUT2D eigenvalue weighted by Gasteiger charge is 2.38. The standard InChI is InChI=1S/C16H19N3/c1-3-6-18-9-11-7-13(11)15-10-19-16-5-4-12(17-2)8-14(15)16/h4-5,8,10-11,13,18-19H,3,6-7,9H2,1H3. The van der Waals surface area contributed by atoms with Crippen LogP contribution in [-0.4, -0.2) is 18.1 Å². The van der Waals surface area contributed by atoms with Crippen molar-refractivity contribution in [3.05, 3.63) is 41.4 Å². The summed E-state index contributed by atoms with van der Waals surface area (Å²) < 4.78 is 0. The van der Waals surface area contributed by atoms with Gasteiger partial charge in [-0.15, -0.1) is 0 Å². The molecule has 2 aromatic rings. The molecule has 0 spiro atoms. The van der Waals surface area contributed by atoms with Crippen LogP contribution in [0.1, 0.15) is 31.2 Å². The molecule has 0 amide bonds. The molecule has 3 rings (SSSR count). The predicted octanol–water partition coefficient (Wildman–Crippen LogP) is 3.82. The Morgan fingerprint density at radius 2 is 2.37 bits per heavy atom. The highest BCUT2D eigenvalue weighted by Crippen LogP contribution is 2.49. The molecule has 1 saturated carbocycles. The molecule has 1 aliphatic rings. The number of aromatic amines is 1. The molecule has 1 fully saturated rings. The maximum absolute atomic E-state index is 7.12. The van der Waals surface area contributed by atoms with Crippen molar-refractivity contribution in [3.8, 4) is 0 Å². The molecule has 3 heteroatoms. The third-order valence-corrected chi connectivity index (χ3v) is 3.98. The van der Waals surface area contributed by atoms with Gasteiger partial charge in [-0.05, 0) is 60.8 Å². The van der Waals surface area contributed by atoms with Gasteiger partial charge in [-0.3, -0.25) is 0 Å². The van der Waals surface area contributed by atoms with Gasteiger partial charge in [-0.2, -0.15) is 0 Å². The van der Waals surface area contributed by atoms with Crippen molar-refractivity contribution in [2.24, 2.45) is 5.92 Å². The Hall–Kier alpha value is -1.79. The molecule has 2 atom stereocenters. The Morgan fingerprint density at radius 3 is 3.16 bits per heavy atom. The average Bonchev–Trinajstić information content (AvgIpc) is 3.08. The van der Waals surface area contributed by atoms with Gasteiger partial charge < -0.3 is 10.3 Å². The number of rotatable bonds is 5. The van der Waals surface area contributed by atoms with Crippen molar-refractivity contribution >= 4 is 16.6 Å². The molecule has 1 aromatic carbocycles. The maximum atomic E-state index is 7.12. The summed E-state index contributed by atoms with van der Waals surface area (Å²) in [6, 6.07) is 5.91. The van der Waals surface area contributed by atoms with Crippen LogP contribution in [-0.2, 0) is 0 Å². The minimum atomic E-state index is 0.666. The van der Waals surface area contributed by atoms with Crippen LogP contribution in [0.4, 0.5) is 5.69 Å². The minimum absolute atomic E-state index is 0.666. The summed E-state index contributed by atoms with van der Waals surface area (Å²) in [5.74, 6) is 1.43. The summed E-state index contributed by atoms with van der Waals surface area (Å²) in [5, 5.41) is 4.73. The van der Waals surface area contributed by atoms with Crippen LogP contribution in [0.15, 0.2) is 24.4 Å². The largest absolute Gasteiger partial charge is 0.361 e. The first-order valence-corrected chi connectivity index (χ1v) is 7.02. The highest BCUT2D eigenvalue weighted by molar-refractivity contribution is 5.87. The number of fused-ring (bicyclic) bond motifs is 1. The van der Waals surface area contributed by atoms with E-state index < -0.39 is 0 Å². The van der Waals surface area contributed by atoms with Crippen LogP contribution in [0.2, 0.25) is 0 Å². The molecule has 19 heavy (non-hydrogen) atoms. The van der Waals surface area contributed by atoms with E-state index in [9.17, 15) is 0 Å². The van der Waals surface area contributed by atoms with E-state index in [4.69, 9.17) is 6.57 Å². The lowest BCUT2D eigenvalue weighted by molar-refractivity contribution is 0.620. The minimum Gasteiger partial charge on any atom is -0.361 e. The molecule has 0 aliphatic heterocycles. The second-order valence-electron chi connectivity index (χ2n) is 5.39. The number of aromatic nitrogens is 1. The van der Waals surface area contributed by atoms with Gasteiger partial charge in [0.15, 0.2) is 5.69 Å². The van der Waals surface area contributed by atoms with Crippen molar-refractivity contribution in [2.75, 3.05) is 13.1 Å². The van der Waals surface area contributed by atoms with Crippen LogP contribution in [0.25, 0.3) is 15.7 Å². The number of benzene rings is 1. The number of H-pyrrole nitrogens is 1. The summed E-state index contributed by atoms with van der Waals surface area (Å²) in [5.41, 5.74) is 3.27.